The van der Waals surface area contributed by atoms with E-state index in [-0.39, 0.29) is 36.2 Å². The number of rotatable bonds is 6. The number of imide groups is 1. The summed E-state index contributed by atoms with van der Waals surface area (Å²) in [5.74, 6) is -0.354. The first kappa shape index (κ1) is 24.0. The number of benzene rings is 1. The molecule has 5 rings (SSSR count). The number of fused-ring (bicyclic) bond motifs is 1. The van der Waals surface area contributed by atoms with E-state index in [2.05, 4.69) is 10.4 Å². The van der Waals surface area contributed by atoms with Gasteiger partial charge in [-0.05, 0) is 69.4 Å². The predicted molar refractivity (Wildman–Crippen MR) is 129 cm³/mol. The van der Waals surface area contributed by atoms with E-state index in [9.17, 15) is 19.2 Å². The number of piperidine rings is 2. The monoisotopic (exact) mass is 493 g/mol. The minimum absolute atomic E-state index is 0.0334. The van der Waals surface area contributed by atoms with Crippen LogP contribution in [0.2, 0.25) is 0 Å². The molecule has 2 fully saturated rings. The number of nitrogens with zero attached hydrogens (tertiary/aromatic N) is 4. The molecule has 1 aromatic carbocycles. The van der Waals surface area contributed by atoms with Crippen molar-refractivity contribution in [3.8, 4) is 5.75 Å². The standard InChI is InChI=1S/C26H31N5O5/c1-16(2)31-22(10-11-27-31)26(35)29-12-4-3-5-18(29)15-36-19-6-7-20-17(13-19)14-30(25(20)34)21-8-9-23(32)28-24(21)33/h6-7,10-11,13,16,18,21H,3-5,8-9,12,14-15H2,1-2H3,(H,28,32,33)/t18-,21?/m0/s1. The van der Waals surface area contributed by atoms with Crippen LogP contribution in [0.1, 0.15) is 78.4 Å². The molecule has 0 aliphatic carbocycles. The van der Waals surface area contributed by atoms with Crippen LogP contribution < -0.4 is 10.1 Å². The molecule has 0 saturated carbocycles. The van der Waals surface area contributed by atoms with Gasteiger partial charge in [0, 0.05) is 37.3 Å². The molecule has 3 aliphatic rings. The van der Waals surface area contributed by atoms with Crippen LogP contribution in [0.4, 0.5) is 0 Å². The lowest BCUT2D eigenvalue weighted by atomic mass is 10.0. The zero-order valence-electron chi connectivity index (χ0n) is 20.6. The lowest BCUT2D eigenvalue weighted by Gasteiger charge is -2.35. The number of aromatic nitrogens is 2. The Labute approximate surface area is 209 Å². The van der Waals surface area contributed by atoms with Crippen LogP contribution in [0.15, 0.2) is 30.5 Å². The number of carbonyl (C=O) groups excluding carboxylic acids is 4. The van der Waals surface area contributed by atoms with E-state index in [1.807, 2.05) is 24.8 Å². The number of nitrogens with one attached hydrogen (secondary N) is 1. The quantitative estimate of drug-likeness (QED) is 0.618. The second-order valence-electron chi connectivity index (χ2n) is 9.93. The number of carbonyl (C=O) groups is 4. The van der Waals surface area contributed by atoms with Gasteiger partial charge in [0.05, 0.1) is 6.04 Å². The second kappa shape index (κ2) is 9.75. The Morgan fingerprint density at radius 3 is 2.78 bits per heavy atom. The molecule has 3 aliphatic heterocycles. The van der Waals surface area contributed by atoms with Gasteiger partial charge < -0.3 is 14.5 Å². The van der Waals surface area contributed by atoms with Gasteiger partial charge >= 0.3 is 0 Å². The van der Waals surface area contributed by atoms with Gasteiger partial charge in [0.15, 0.2) is 0 Å². The van der Waals surface area contributed by atoms with E-state index in [4.69, 9.17) is 4.74 Å². The van der Waals surface area contributed by atoms with Gasteiger partial charge in [0.2, 0.25) is 11.8 Å². The van der Waals surface area contributed by atoms with E-state index in [0.717, 1.165) is 24.8 Å². The second-order valence-corrected chi connectivity index (χ2v) is 9.93. The maximum absolute atomic E-state index is 13.3. The summed E-state index contributed by atoms with van der Waals surface area (Å²) in [7, 11) is 0. The number of hydrogen-bond acceptors (Lipinski definition) is 6. The van der Waals surface area contributed by atoms with Crippen molar-refractivity contribution in [2.45, 2.75) is 70.6 Å². The van der Waals surface area contributed by atoms with Gasteiger partial charge in [-0.25, -0.2) is 0 Å². The van der Waals surface area contributed by atoms with Gasteiger partial charge in [-0.3, -0.25) is 29.2 Å². The summed E-state index contributed by atoms with van der Waals surface area (Å²) >= 11 is 0. The first-order chi connectivity index (χ1) is 17.3. The normalized spacial score (nSPS) is 22.1. The third-order valence-corrected chi connectivity index (χ3v) is 7.20. The van der Waals surface area contributed by atoms with Crippen LogP contribution in [-0.4, -0.2) is 68.4 Å². The molecule has 1 N–H and O–H groups in total. The fraction of sp³-hybridized carbons (Fsp3) is 0.500. The van der Waals surface area contributed by atoms with Crippen molar-refractivity contribution in [2.24, 2.45) is 0 Å². The zero-order chi connectivity index (χ0) is 25.4. The highest BCUT2D eigenvalue weighted by atomic mass is 16.5. The highest BCUT2D eigenvalue weighted by molar-refractivity contribution is 6.05. The molecule has 10 heteroatoms. The Hall–Kier alpha value is -3.69. The van der Waals surface area contributed by atoms with E-state index in [0.29, 0.717) is 43.1 Å². The summed E-state index contributed by atoms with van der Waals surface area (Å²) in [6.07, 6.45) is 5.05. The van der Waals surface area contributed by atoms with Gasteiger partial charge in [0.1, 0.15) is 24.1 Å². The lowest BCUT2D eigenvalue weighted by Crippen LogP contribution is -2.52. The molecule has 36 heavy (non-hydrogen) atoms. The van der Waals surface area contributed by atoms with Gasteiger partial charge in [-0.1, -0.05) is 0 Å². The first-order valence-corrected chi connectivity index (χ1v) is 12.6. The summed E-state index contributed by atoms with van der Waals surface area (Å²) < 4.78 is 7.88. The summed E-state index contributed by atoms with van der Waals surface area (Å²) in [6, 6.07) is 6.47. The molecule has 4 heterocycles. The number of ether oxygens (including phenoxy) is 1. The average Bonchev–Trinajstić information content (AvgIpc) is 3.48. The van der Waals surface area contributed by atoms with Gasteiger partial charge in [-0.2, -0.15) is 5.10 Å². The lowest BCUT2D eigenvalue weighted by molar-refractivity contribution is -0.136. The summed E-state index contributed by atoms with van der Waals surface area (Å²) in [6.45, 7) is 5.33. The SMILES string of the molecule is CC(C)n1nccc1C(=O)N1CCCC[C@H]1COc1ccc2c(c1)CN(C1CCC(=O)NC1=O)C2=O. The topological polar surface area (TPSA) is 114 Å². The Balaban J connectivity index is 1.26. The van der Waals surface area contributed by atoms with Crippen LogP contribution in [0.25, 0.3) is 0 Å². The Bertz CT molecular complexity index is 1210. The number of likely N-dealkylation sites (tertiary alicyclic amines) is 1. The summed E-state index contributed by atoms with van der Waals surface area (Å²) in [4.78, 5) is 53.4. The molecule has 2 aromatic rings. The van der Waals surface area contributed by atoms with Crippen LogP contribution >= 0.6 is 0 Å². The third-order valence-electron chi connectivity index (χ3n) is 7.20. The molecule has 0 bridgehead atoms. The first-order valence-electron chi connectivity index (χ1n) is 12.6. The predicted octanol–water partition coefficient (Wildman–Crippen LogP) is 2.30. The van der Waals surface area contributed by atoms with E-state index >= 15 is 0 Å². The van der Waals surface area contributed by atoms with E-state index in [1.165, 1.54) is 4.90 Å². The van der Waals surface area contributed by atoms with E-state index < -0.39 is 11.9 Å². The molecular formula is C26H31N5O5. The minimum atomic E-state index is -0.645. The van der Waals surface area contributed by atoms with Crippen molar-refractivity contribution in [3.05, 3.63) is 47.3 Å². The Kier molecular flexibility index (Phi) is 6.51. The molecule has 0 radical (unpaired) electrons. The van der Waals surface area contributed by atoms with Gasteiger partial charge in [0.25, 0.3) is 11.8 Å². The van der Waals surface area contributed by atoms with Crippen molar-refractivity contribution in [3.63, 3.8) is 0 Å². The average molecular weight is 494 g/mol. The highest BCUT2D eigenvalue weighted by Gasteiger charge is 2.39. The molecule has 1 aromatic heterocycles. The highest BCUT2D eigenvalue weighted by Crippen LogP contribution is 2.30. The third kappa shape index (κ3) is 4.47. The molecule has 10 nitrogen and oxygen atoms in total. The molecule has 0 spiro atoms. The Morgan fingerprint density at radius 2 is 2.00 bits per heavy atom. The fourth-order valence-electron chi connectivity index (χ4n) is 5.32. The molecule has 190 valence electrons. The zero-order valence-corrected chi connectivity index (χ0v) is 20.6. The number of amides is 4. The smallest absolute Gasteiger partial charge is 0.272 e. The van der Waals surface area contributed by atoms with Crippen molar-refractivity contribution in [1.29, 1.82) is 0 Å². The van der Waals surface area contributed by atoms with Crippen LogP contribution in [0.5, 0.6) is 5.75 Å². The molecule has 1 unspecified atom stereocenters. The fourth-order valence-corrected chi connectivity index (χ4v) is 5.32. The van der Waals surface area contributed by atoms with E-state index in [1.54, 1.807) is 29.1 Å². The molecule has 2 atom stereocenters. The molecular weight excluding hydrogens is 462 g/mol. The van der Waals surface area contributed by atoms with Gasteiger partial charge in [-0.15, -0.1) is 0 Å². The largest absolute Gasteiger partial charge is 0.491 e. The van der Waals surface area contributed by atoms with Crippen molar-refractivity contribution in [1.82, 2.24) is 24.9 Å². The van der Waals surface area contributed by atoms with Crippen molar-refractivity contribution < 1.29 is 23.9 Å². The summed E-state index contributed by atoms with van der Waals surface area (Å²) in [5, 5.41) is 6.62. The van der Waals surface area contributed by atoms with Crippen molar-refractivity contribution in [2.75, 3.05) is 13.2 Å². The number of hydrogen-bond donors (Lipinski definition) is 1. The molecule has 4 amide bonds. The Morgan fingerprint density at radius 1 is 1.17 bits per heavy atom. The minimum Gasteiger partial charge on any atom is -0.491 e. The maximum atomic E-state index is 13.3. The van der Waals surface area contributed by atoms with Crippen molar-refractivity contribution >= 4 is 23.6 Å². The van der Waals surface area contributed by atoms with Crippen LogP contribution in [0.3, 0.4) is 0 Å². The summed E-state index contributed by atoms with van der Waals surface area (Å²) in [5.41, 5.74) is 1.92. The van der Waals surface area contributed by atoms with Crippen LogP contribution in [-0.2, 0) is 16.1 Å². The maximum Gasteiger partial charge on any atom is 0.272 e. The van der Waals surface area contributed by atoms with Crippen LogP contribution in [0, 0.1) is 0 Å². The molecule has 2 saturated heterocycles.